The Labute approximate surface area is 155 Å². The SMILES string of the molecule is COc1ccc(C2C[C@@H](c3ccccc3)[C@@H](C(=O)OC(C)(C)C)N2)cc1. The molecule has 0 aromatic heterocycles. The van der Waals surface area contributed by atoms with Crippen LogP contribution in [0.25, 0.3) is 0 Å². The molecule has 4 nitrogen and oxygen atoms in total. The van der Waals surface area contributed by atoms with E-state index in [1.807, 2.05) is 51.1 Å². The second-order valence-electron chi connectivity index (χ2n) is 7.76. The molecule has 0 amide bonds. The largest absolute Gasteiger partial charge is 0.497 e. The molecule has 1 aliphatic rings. The summed E-state index contributed by atoms with van der Waals surface area (Å²) >= 11 is 0. The lowest BCUT2D eigenvalue weighted by Gasteiger charge is -2.25. The van der Waals surface area contributed by atoms with Crippen molar-refractivity contribution in [3.8, 4) is 5.75 Å². The molecule has 0 bridgehead atoms. The van der Waals surface area contributed by atoms with Crippen LogP contribution in [0.3, 0.4) is 0 Å². The molecule has 0 saturated carbocycles. The van der Waals surface area contributed by atoms with Crippen LogP contribution in [-0.4, -0.2) is 24.7 Å². The van der Waals surface area contributed by atoms with E-state index in [1.54, 1.807) is 7.11 Å². The number of benzene rings is 2. The molecule has 1 fully saturated rings. The predicted octanol–water partition coefficient (Wildman–Crippen LogP) is 4.22. The summed E-state index contributed by atoms with van der Waals surface area (Å²) in [5.74, 6) is 0.718. The van der Waals surface area contributed by atoms with E-state index in [1.165, 1.54) is 0 Å². The van der Waals surface area contributed by atoms with Crippen LogP contribution < -0.4 is 10.1 Å². The second-order valence-corrected chi connectivity index (χ2v) is 7.76. The monoisotopic (exact) mass is 353 g/mol. The maximum absolute atomic E-state index is 12.8. The van der Waals surface area contributed by atoms with Crippen LogP contribution in [0.1, 0.15) is 50.3 Å². The van der Waals surface area contributed by atoms with Gasteiger partial charge in [-0.05, 0) is 50.5 Å². The molecular weight excluding hydrogens is 326 g/mol. The van der Waals surface area contributed by atoms with Crippen molar-refractivity contribution >= 4 is 5.97 Å². The number of carbonyl (C=O) groups is 1. The first-order chi connectivity index (χ1) is 12.4. The molecule has 1 N–H and O–H groups in total. The molecule has 3 atom stereocenters. The van der Waals surface area contributed by atoms with E-state index < -0.39 is 5.60 Å². The van der Waals surface area contributed by atoms with Crippen molar-refractivity contribution < 1.29 is 14.3 Å². The van der Waals surface area contributed by atoms with Crippen LogP contribution in [0, 0.1) is 0 Å². The fourth-order valence-corrected chi connectivity index (χ4v) is 3.49. The van der Waals surface area contributed by atoms with Crippen molar-refractivity contribution in [2.75, 3.05) is 7.11 Å². The summed E-state index contributed by atoms with van der Waals surface area (Å²) in [4.78, 5) is 12.8. The fourth-order valence-electron chi connectivity index (χ4n) is 3.49. The third-order valence-electron chi connectivity index (χ3n) is 4.68. The molecule has 0 spiro atoms. The van der Waals surface area contributed by atoms with Gasteiger partial charge in [0.1, 0.15) is 17.4 Å². The number of methoxy groups -OCH3 is 1. The van der Waals surface area contributed by atoms with Gasteiger partial charge in [0.15, 0.2) is 0 Å². The number of esters is 1. The van der Waals surface area contributed by atoms with E-state index in [4.69, 9.17) is 9.47 Å². The van der Waals surface area contributed by atoms with Crippen LogP contribution in [-0.2, 0) is 9.53 Å². The maximum atomic E-state index is 12.8. The maximum Gasteiger partial charge on any atom is 0.324 e. The summed E-state index contributed by atoms with van der Waals surface area (Å²) in [6, 6.07) is 17.9. The number of rotatable bonds is 4. The first-order valence-electron chi connectivity index (χ1n) is 9.05. The van der Waals surface area contributed by atoms with Crippen molar-refractivity contribution in [1.29, 1.82) is 0 Å². The van der Waals surface area contributed by atoms with Crippen LogP contribution >= 0.6 is 0 Å². The fraction of sp³-hybridized carbons (Fsp3) is 0.409. The Morgan fingerprint density at radius 2 is 1.65 bits per heavy atom. The Balaban J connectivity index is 1.86. The van der Waals surface area contributed by atoms with Gasteiger partial charge < -0.3 is 9.47 Å². The highest BCUT2D eigenvalue weighted by molar-refractivity contribution is 5.78. The van der Waals surface area contributed by atoms with E-state index in [2.05, 4.69) is 29.6 Å². The van der Waals surface area contributed by atoms with Gasteiger partial charge in [0.25, 0.3) is 0 Å². The molecule has 1 aliphatic heterocycles. The zero-order valence-electron chi connectivity index (χ0n) is 15.9. The number of hydrogen-bond acceptors (Lipinski definition) is 4. The van der Waals surface area contributed by atoms with Crippen molar-refractivity contribution in [2.24, 2.45) is 0 Å². The van der Waals surface area contributed by atoms with E-state index in [9.17, 15) is 4.79 Å². The molecule has 1 saturated heterocycles. The molecule has 0 radical (unpaired) electrons. The van der Waals surface area contributed by atoms with E-state index >= 15 is 0 Å². The second kappa shape index (κ2) is 7.50. The molecule has 26 heavy (non-hydrogen) atoms. The third-order valence-corrected chi connectivity index (χ3v) is 4.68. The van der Waals surface area contributed by atoms with E-state index in [-0.39, 0.29) is 24.0 Å². The summed E-state index contributed by atoms with van der Waals surface area (Å²) in [5.41, 5.74) is 1.81. The van der Waals surface area contributed by atoms with E-state index in [0.717, 1.165) is 23.3 Å². The zero-order chi connectivity index (χ0) is 18.7. The van der Waals surface area contributed by atoms with Crippen LogP contribution in [0.2, 0.25) is 0 Å². The molecule has 2 aromatic rings. The molecule has 4 heteroatoms. The average Bonchev–Trinajstić information content (AvgIpc) is 3.07. The van der Waals surface area contributed by atoms with E-state index in [0.29, 0.717) is 0 Å². The smallest absolute Gasteiger partial charge is 0.324 e. The normalized spacial score (nSPS) is 22.8. The molecule has 3 rings (SSSR count). The number of nitrogens with one attached hydrogen (secondary N) is 1. The van der Waals surface area contributed by atoms with Crippen molar-refractivity contribution in [2.45, 2.75) is 50.8 Å². The van der Waals surface area contributed by atoms with Crippen molar-refractivity contribution in [3.63, 3.8) is 0 Å². The van der Waals surface area contributed by atoms with Crippen molar-refractivity contribution in [3.05, 3.63) is 65.7 Å². The third kappa shape index (κ3) is 4.25. The minimum absolute atomic E-state index is 0.0816. The highest BCUT2D eigenvalue weighted by atomic mass is 16.6. The Kier molecular flexibility index (Phi) is 5.33. The Hall–Kier alpha value is -2.33. The average molecular weight is 353 g/mol. The summed E-state index contributed by atoms with van der Waals surface area (Å²) in [5, 5.41) is 3.50. The standard InChI is InChI=1S/C22H27NO3/c1-22(2,3)26-21(24)20-18(15-8-6-5-7-9-15)14-19(23-20)16-10-12-17(25-4)13-11-16/h5-13,18-20,23H,14H2,1-4H3/t18-,19?,20-/m0/s1. The quantitative estimate of drug-likeness (QED) is 0.836. The van der Waals surface area contributed by atoms with Gasteiger partial charge in [0.05, 0.1) is 7.11 Å². The molecular formula is C22H27NO3. The first kappa shape index (κ1) is 18.5. The molecule has 2 aromatic carbocycles. The van der Waals surface area contributed by atoms with Gasteiger partial charge >= 0.3 is 5.97 Å². The van der Waals surface area contributed by atoms with Crippen molar-refractivity contribution in [1.82, 2.24) is 5.32 Å². The first-order valence-corrected chi connectivity index (χ1v) is 9.05. The van der Waals surface area contributed by atoms with Crippen LogP contribution in [0.5, 0.6) is 5.75 Å². The Morgan fingerprint density at radius 1 is 1.00 bits per heavy atom. The van der Waals surface area contributed by atoms with Gasteiger partial charge in [-0.2, -0.15) is 0 Å². The highest BCUT2D eigenvalue weighted by Gasteiger charge is 2.41. The summed E-state index contributed by atoms with van der Waals surface area (Å²) in [6.45, 7) is 5.70. The van der Waals surface area contributed by atoms with Gasteiger partial charge in [-0.3, -0.25) is 10.1 Å². The molecule has 1 heterocycles. The lowest BCUT2D eigenvalue weighted by atomic mass is 9.89. The zero-order valence-corrected chi connectivity index (χ0v) is 15.9. The Morgan fingerprint density at radius 3 is 2.23 bits per heavy atom. The van der Waals surface area contributed by atoms with Gasteiger partial charge in [0, 0.05) is 12.0 Å². The Bertz CT molecular complexity index is 734. The number of ether oxygens (including phenoxy) is 2. The van der Waals surface area contributed by atoms with Crippen LogP contribution in [0.4, 0.5) is 0 Å². The minimum Gasteiger partial charge on any atom is -0.497 e. The summed E-state index contributed by atoms with van der Waals surface area (Å²) < 4.78 is 10.9. The van der Waals surface area contributed by atoms with Gasteiger partial charge in [-0.25, -0.2) is 0 Å². The molecule has 138 valence electrons. The molecule has 0 aliphatic carbocycles. The van der Waals surface area contributed by atoms with Gasteiger partial charge in [0.2, 0.25) is 0 Å². The van der Waals surface area contributed by atoms with Crippen LogP contribution in [0.15, 0.2) is 54.6 Å². The summed E-state index contributed by atoms with van der Waals surface area (Å²) in [7, 11) is 1.66. The highest BCUT2D eigenvalue weighted by Crippen LogP contribution is 2.39. The summed E-state index contributed by atoms with van der Waals surface area (Å²) in [6.07, 6.45) is 0.847. The minimum atomic E-state index is -0.502. The van der Waals surface area contributed by atoms with Gasteiger partial charge in [-0.1, -0.05) is 42.5 Å². The number of hydrogen-bond donors (Lipinski definition) is 1. The lowest BCUT2D eigenvalue weighted by Crippen LogP contribution is -2.40. The lowest BCUT2D eigenvalue weighted by molar-refractivity contribution is -0.157. The topological polar surface area (TPSA) is 47.6 Å². The molecule has 1 unspecified atom stereocenters. The predicted molar refractivity (Wildman–Crippen MR) is 102 cm³/mol. The van der Waals surface area contributed by atoms with Gasteiger partial charge in [-0.15, -0.1) is 0 Å². The number of carbonyl (C=O) groups excluding carboxylic acids is 1.